The van der Waals surface area contributed by atoms with Crippen molar-refractivity contribution >= 4 is 5.91 Å². The number of hydrogen-bond acceptors (Lipinski definition) is 2. The maximum Gasteiger partial charge on any atom is 0.255 e. The fourth-order valence-electron chi connectivity index (χ4n) is 2.12. The van der Waals surface area contributed by atoms with Gasteiger partial charge >= 0.3 is 0 Å². The fourth-order valence-corrected chi connectivity index (χ4v) is 2.12. The van der Waals surface area contributed by atoms with Crippen molar-refractivity contribution in [2.24, 2.45) is 5.92 Å². The molecule has 1 aliphatic rings. The number of nitrogens with zero attached hydrogens (tertiary/aromatic N) is 1. The number of carbonyl (C=O) groups excluding carboxylic acids is 1. The lowest BCUT2D eigenvalue weighted by molar-refractivity contribution is -0.134. The summed E-state index contributed by atoms with van der Waals surface area (Å²) >= 11 is 0. The Morgan fingerprint density at radius 1 is 1.56 bits per heavy atom. The number of carbonyl (C=O) groups is 1. The van der Waals surface area contributed by atoms with E-state index in [-0.39, 0.29) is 11.9 Å². The molecule has 0 aromatic rings. The zero-order valence-electron chi connectivity index (χ0n) is 9.88. The Bertz CT molecular complexity index is 236. The van der Waals surface area contributed by atoms with E-state index in [1.54, 1.807) is 0 Å². The second-order valence-corrected chi connectivity index (χ2v) is 4.42. The molecule has 94 valence electrons. The largest absolute Gasteiger partial charge is 0.339 e. The smallest absolute Gasteiger partial charge is 0.255 e. The lowest BCUT2D eigenvalue weighted by Crippen LogP contribution is -2.50. The van der Waals surface area contributed by atoms with Crippen molar-refractivity contribution in [1.29, 1.82) is 0 Å². The van der Waals surface area contributed by atoms with E-state index >= 15 is 0 Å². The van der Waals surface area contributed by atoms with Crippen LogP contribution in [0.1, 0.15) is 26.2 Å². The molecule has 1 heterocycles. The van der Waals surface area contributed by atoms with E-state index in [0.29, 0.717) is 5.92 Å². The Kier molecular flexibility index (Phi) is 5.12. The molecule has 0 aromatic heterocycles. The van der Waals surface area contributed by atoms with Gasteiger partial charge in [-0.3, -0.25) is 4.79 Å². The average Bonchev–Trinajstić information content (AvgIpc) is 2.27. The normalized spacial score (nSPS) is 25.8. The summed E-state index contributed by atoms with van der Waals surface area (Å²) in [4.78, 5) is 13.0. The van der Waals surface area contributed by atoms with Gasteiger partial charge in [0.05, 0.1) is 12.6 Å². The van der Waals surface area contributed by atoms with Crippen molar-refractivity contribution in [2.45, 2.75) is 38.7 Å². The molecule has 3 nitrogen and oxygen atoms in total. The summed E-state index contributed by atoms with van der Waals surface area (Å²) in [5, 5.41) is 3.10. The van der Waals surface area contributed by atoms with Crippen molar-refractivity contribution < 1.29 is 13.6 Å². The molecule has 16 heavy (non-hydrogen) atoms. The molecule has 0 radical (unpaired) electrons. The molecular formula is C11H20F2N2O. The zero-order chi connectivity index (χ0) is 12.1. The van der Waals surface area contributed by atoms with Crippen LogP contribution in [0.5, 0.6) is 0 Å². The average molecular weight is 234 g/mol. The Morgan fingerprint density at radius 2 is 2.25 bits per heavy atom. The molecule has 1 rings (SSSR count). The number of halogens is 2. The molecule has 5 heteroatoms. The Balaban J connectivity index is 2.46. The van der Waals surface area contributed by atoms with Gasteiger partial charge in [0.15, 0.2) is 0 Å². The molecule has 1 N–H and O–H groups in total. The first-order chi connectivity index (χ1) is 7.54. The van der Waals surface area contributed by atoms with Crippen LogP contribution in [0.3, 0.4) is 0 Å². The molecule has 1 fully saturated rings. The second-order valence-electron chi connectivity index (χ2n) is 4.42. The molecule has 0 bridgehead atoms. The first-order valence-corrected chi connectivity index (χ1v) is 5.81. The number of rotatable bonds is 4. The molecule has 0 spiro atoms. The standard InChI is InChI=1S/C11H20F2N2O/c1-3-8-4-5-14-9(6-8)11(16)15(2)7-10(12)13/h8-10,14H,3-7H2,1-2H3. The van der Waals surface area contributed by atoms with Gasteiger partial charge < -0.3 is 10.2 Å². The van der Waals surface area contributed by atoms with E-state index in [4.69, 9.17) is 0 Å². The highest BCUT2D eigenvalue weighted by Gasteiger charge is 2.28. The van der Waals surface area contributed by atoms with E-state index in [1.165, 1.54) is 7.05 Å². The highest BCUT2D eigenvalue weighted by Crippen LogP contribution is 2.20. The fraction of sp³-hybridized carbons (Fsp3) is 0.909. The van der Waals surface area contributed by atoms with Crippen LogP contribution in [0, 0.1) is 5.92 Å². The molecule has 0 aliphatic carbocycles. The van der Waals surface area contributed by atoms with E-state index < -0.39 is 13.0 Å². The van der Waals surface area contributed by atoms with E-state index in [1.807, 2.05) is 0 Å². The van der Waals surface area contributed by atoms with Crippen LogP contribution in [-0.2, 0) is 4.79 Å². The third-order valence-electron chi connectivity index (χ3n) is 3.18. The highest BCUT2D eigenvalue weighted by molar-refractivity contribution is 5.81. The molecule has 1 aliphatic heterocycles. The monoisotopic (exact) mass is 234 g/mol. The van der Waals surface area contributed by atoms with Gasteiger partial charge in [-0.15, -0.1) is 0 Å². The van der Waals surface area contributed by atoms with E-state index in [2.05, 4.69) is 12.2 Å². The van der Waals surface area contributed by atoms with Crippen molar-refractivity contribution in [3.05, 3.63) is 0 Å². The minimum Gasteiger partial charge on any atom is -0.339 e. The summed E-state index contributed by atoms with van der Waals surface area (Å²) in [5.74, 6) is 0.327. The van der Waals surface area contributed by atoms with Crippen LogP contribution in [0.15, 0.2) is 0 Å². The summed E-state index contributed by atoms with van der Waals surface area (Å²) in [7, 11) is 1.44. The minimum atomic E-state index is -2.46. The van der Waals surface area contributed by atoms with Crippen molar-refractivity contribution in [2.75, 3.05) is 20.1 Å². The number of amides is 1. The van der Waals surface area contributed by atoms with Gasteiger partial charge in [0.1, 0.15) is 0 Å². The third kappa shape index (κ3) is 3.70. The van der Waals surface area contributed by atoms with Crippen molar-refractivity contribution in [1.82, 2.24) is 10.2 Å². The van der Waals surface area contributed by atoms with Crippen molar-refractivity contribution in [3.63, 3.8) is 0 Å². The maximum absolute atomic E-state index is 12.1. The summed E-state index contributed by atoms with van der Waals surface area (Å²) in [6, 6.07) is -0.276. The topological polar surface area (TPSA) is 32.3 Å². The van der Waals surface area contributed by atoms with Crippen LogP contribution < -0.4 is 5.32 Å². The molecular weight excluding hydrogens is 214 g/mol. The van der Waals surface area contributed by atoms with Crippen LogP contribution in [0.25, 0.3) is 0 Å². The summed E-state index contributed by atoms with van der Waals surface area (Å²) < 4.78 is 24.3. The Hall–Kier alpha value is -0.710. The first-order valence-electron chi connectivity index (χ1n) is 5.81. The lowest BCUT2D eigenvalue weighted by atomic mass is 9.90. The van der Waals surface area contributed by atoms with Gasteiger partial charge in [-0.1, -0.05) is 13.3 Å². The van der Waals surface area contributed by atoms with Crippen LogP contribution >= 0.6 is 0 Å². The second kappa shape index (κ2) is 6.13. The molecule has 2 atom stereocenters. The highest BCUT2D eigenvalue weighted by atomic mass is 19.3. The third-order valence-corrected chi connectivity index (χ3v) is 3.18. The van der Waals surface area contributed by atoms with Gasteiger partial charge in [-0.25, -0.2) is 8.78 Å². The van der Waals surface area contributed by atoms with Gasteiger partial charge in [0.25, 0.3) is 6.43 Å². The number of likely N-dealkylation sites (N-methyl/N-ethyl adjacent to an activating group) is 1. The Labute approximate surface area is 95.2 Å². The van der Waals surface area contributed by atoms with E-state index in [9.17, 15) is 13.6 Å². The van der Waals surface area contributed by atoms with Gasteiger partial charge in [-0.2, -0.15) is 0 Å². The number of piperidine rings is 1. The van der Waals surface area contributed by atoms with Gasteiger partial charge in [-0.05, 0) is 25.3 Å². The van der Waals surface area contributed by atoms with Crippen LogP contribution in [0.4, 0.5) is 8.78 Å². The minimum absolute atomic E-state index is 0.210. The summed E-state index contributed by atoms with van der Waals surface area (Å²) in [5.41, 5.74) is 0. The van der Waals surface area contributed by atoms with Crippen molar-refractivity contribution in [3.8, 4) is 0 Å². The predicted octanol–water partition coefficient (Wildman–Crippen LogP) is 1.49. The van der Waals surface area contributed by atoms with E-state index in [0.717, 1.165) is 30.7 Å². The molecule has 1 amide bonds. The maximum atomic E-state index is 12.1. The zero-order valence-corrected chi connectivity index (χ0v) is 9.88. The van der Waals surface area contributed by atoms with Gasteiger partial charge in [0, 0.05) is 7.05 Å². The summed E-state index contributed by atoms with van der Waals surface area (Å²) in [6.45, 7) is 2.42. The van der Waals surface area contributed by atoms with Crippen LogP contribution in [-0.4, -0.2) is 43.4 Å². The molecule has 2 unspecified atom stereocenters. The van der Waals surface area contributed by atoms with Crippen LogP contribution in [0.2, 0.25) is 0 Å². The number of nitrogens with one attached hydrogen (secondary N) is 1. The molecule has 0 aromatic carbocycles. The first kappa shape index (κ1) is 13.4. The quantitative estimate of drug-likeness (QED) is 0.799. The SMILES string of the molecule is CCC1CCNC(C(=O)N(C)CC(F)F)C1. The number of hydrogen-bond donors (Lipinski definition) is 1. The molecule has 1 saturated heterocycles. The molecule has 0 saturated carbocycles. The van der Waals surface area contributed by atoms with Gasteiger partial charge in [0.2, 0.25) is 5.91 Å². The summed E-state index contributed by atoms with van der Waals surface area (Å²) in [6.07, 6.45) is 0.422. The number of alkyl halides is 2. The Morgan fingerprint density at radius 3 is 2.81 bits per heavy atom. The lowest BCUT2D eigenvalue weighted by Gasteiger charge is -2.31. The predicted molar refractivity (Wildman–Crippen MR) is 58.4 cm³/mol.